The fraction of sp³-hybridized carbons (Fsp3) is 0.600. The first-order chi connectivity index (χ1) is 9.51. The average Bonchev–Trinajstić information content (AvgIpc) is 2.42. The van der Waals surface area contributed by atoms with Crippen molar-refractivity contribution in [2.75, 3.05) is 18.4 Å². The van der Waals surface area contributed by atoms with E-state index >= 15 is 0 Å². The highest BCUT2D eigenvalue weighted by atomic mass is 35.5. The quantitative estimate of drug-likeness (QED) is 0.832. The number of aromatic nitrogens is 1. The minimum Gasteiger partial charge on any atom is -0.370 e. The van der Waals surface area contributed by atoms with E-state index in [1.165, 1.54) is 0 Å². The number of hydrogen-bond donors (Lipinski definition) is 1. The summed E-state index contributed by atoms with van der Waals surface area (Å²) < 4.78 is 0. The second kappa shape index (κ2) is 8.10. The molecule has 1 heterocycles. The summed E-state index contributed by atoms with van der Waals surface area (Å²) in [4.78, 5) is 18.7. The average molecular weight is 298 g/mol. The third kappa shape index (κ3) is 4.37. The maximum atomic E-state index is 12.6. The molecule has 0 aliphatic carbocycles. The molecule has 0 unspecified atom stereocenters. The van der Waals surface area contributed by atoms with Gasteiger partial charge in [-0.05, 0) is 38.8 Å². The van der Waals surface area contributed by atoms with Gasteiger partial charge in [-0.3, -0.25) is 4.79 Å². The minimum atomic E-state index is -0.105. The van der Waals surface area contributed by atoms with Gasteiger partial charge in [0, 0.05) is 19.1 Å². The number of carbonyl (C=O) groups excluding carboxylic acids is 1. The zero-order chi connectivity index (χ0) is 15.1. The van der Waals surface area contributed by atoms with E-state index < -0.39 is 0 Å². The van der Waals surface area contributed by atoms with E-state index in [1.54, 1.807) is 17.0 Å². The van der Waals surface area contributed by atoms with Crippen LogP contribution >= 0.6 is 11.6 Å². The van der Waals surface area contributed by atoms with E-state index in [-0.39, 0.29) is 11.9 Å². The largest absolute Gasteiger partial charge is 0.370 e. The van der Waals surface area contributed by atoms with Crippen LogP contribution in [0.1, 0.15) is 51.0 Å². The topological polar surface area (TPSA) is 45.2 Å². The van der Waals surface area contributed by atoms with Crippen molar-refractivity contribution in [2.24, 2.45) is 0 Å². The number of rotatable bonds is 7. The molecule has 1 amide bonds. The molecule has 112 valence electrons. The van der Waals surface area contributed by atoms with Crippen molar-refractivity contribution < 1.29 is 4.79 Å². The van der Waals surface area contributed by atoms with Crippen molar-refractivity contribution in [3.8, 4) is 0 Å². The standard InChI is InChI=1S/C15H24ClN3O/c1-5-9-17-13-8-7-12(16)14(18-13)15(20)19(10-6-2)11(3)4/h7-8,11H,5-6,9-10H2,1-4H3,(H,17,18). The molecular weight excluding hydrogens is 274 g/mol. The molecule has 0 aliphatic heterocycles. The summed E-state index contributed by atoms with van der Waals surface area (Å²) in [6.07, 6.45) is 1.91. The third-order valence-electron chi connectivity index (χ3n) is 2.95. The lowest BCUT2D eigenvalue weighted by molar-refractivity contribution is 0.0700. The third-order valence-corrected chi connectivity index (χ3v) is 3.26. The summed E-state index contributed by atoms with van der Waals surface area (Å²) >= 11 is 6.14. The highest BCUT2D eigenvalue weighted by Crippen LogP contribution is 2.19. The van der Waals surface area contributed by atoms with Crippen molar-refractivity contribution in [3.63, 3.8) is 0 Å². The summed E-state index contributed by atoms with van der Waals surface area (Å²) in [6, 6.07) is 3.66. The van der Waals surface area contributed by atoms with E-state index in [1.807, 2.05) is 13.8 Å². The Morgan fingerprint density at radius 1 is 1.35 bits per heavy atom. The van der Waals surface area contributed by atoms with Crippen molar-refractivity contribution in [1.29, 1.82) is 0 Å². The smallest absolute Gasteiger partial charge is 0.274 e. The second-order valence-electron chi connectivity index (χ2n) is 5.05. The van der Waals surface area contributed by atoms with Crippen LogP contribution in [-0.4, -0.2) is 34.9 Å². The monoisotopic (exact) mass is 297 g/mol. The van der Waals surface area contributed by atoms with Gasteiger partial charge in [-0.2, -0.15) is 0 Å². The van der Waals surface area contributed by atoms with Gasteiger partial charge in [0.05, 0.1) is 5.02 Å². The fourth-order valence-electron chi connectivity index (χ4n) is 1.91. The van der Waals surface area contributed by atoms with Crippen LogP contribution in [-0.2, 0) is 0 Å². The van der Waals surface area contributed by atoms with Gasteiger partial charge in [0.1, 0.15) is 11.5 Å². The van der Waals surface area contributed by atoms with Gasteiger partial charge < -0.3 is 10.2 Å². The summed E-state index contributed by atoms with van der Waals surface area (Å²) in [6.45, 7) is 9.67. The van der Waals surface area contributed by atoms with Crippen LogP contribution in [0.2, 0.25) is 5.02 Å². The molecular formula is C15H24ClN3O. The van der Waals surface area contributed by atoms with Crippen LogP contribution in [0.15, 0.2) is 12.1 Å². The first-order valence-electron chi connectivity index (χ1n) is 7.22. The molecule has 20 heavy (non-hydrogen) atoms. The Kier molecular flexibility index (Phi) is 6.79. The van der Waals surface area contributed by atoms with Crippen molar-refractivity contribution in [2.45, 2.75) is 46.6 Å². The lowest BCUT2D eigenvalue weighted by atomic mass is 10.2. The van der Waals surface area contributed by atoms with Gasteiger partial charge in [0.15, 0.2) is 0 Å². The normalized spacial score (nSPS) is 10.7. The Morgan fingerprint density at radius 2 is 2.05 bits per heavy atom. The van der Waals surface area contributed by atoms with Gasteiger partial charge in [0.2, 0.25) is 0 Å². The molecule has 0 aliphatic rings. The molecule has 0 atom stereocenters. The van der Waals surface area contributed by atoms with Gasteiger partial charge in [-0.15, -0.1) is 0 Å². The zero-order valence-corrected chi connectivity index (χ0v) is 13.5. The zero-order valence-electron chi connectivity index (χ0n) is 12.7. The number of pyridine rings is 1. The van der Waals surface area contributed by atoms with E-state index in [0.717, 1.165) is 19.4 Å². The lowest BCUT2D eigenvalue weighted by Gasteiger charge is -2.26. The molecule has 1 aromatic heterocycles. The van der Waals surface area contributed by atoms with Crippen LogP contribution in [0.5, 0.6) is 0 Å². The van der Waals surface area contributed by atoms with Crippen molar-refractivity contribution in [3.05, 3.63) is 22.8 Å². The number of halogens is 1. The van der Waals surface area contributed by atoms with Crippen molar-refractivity contribution >= 4 is 23.3 Å². The van der Waals surface area contributed by atoms with Gasteiger partial charge >= 0.3 is 0 Å². The number of amides is 1. The van der Waals surface area contributed by atoms with Crippen LogP contribution in [0.4, 0.5) is 5.82 Å². The SMILES string of the molecule is CCCNc1ccc(Cl)c(C(=O)N(CCC)C(C)C)n1. The van der Waals surface area contributed by atoms with Crippen LogP contribution in [0.25, 0.3) is 0 Å². The Morgan fingerprint density at radius 3 is 2.60 bits per heavy atom. The number of hydrogen-bond acceptors (Lipinski definition) is 3. The maximum Gasteiger partial charge on any atom is 0.274 e. The molecule has 0 spiro atoms. The van der Waals surface area contributed by atoms with E-state index in [2.05, 4.69) is 24.1 Å². The van der Waals surface area contributed by atoms with Crippen LogP contribution in [0.3, 0.4) is 0 Å². The number of carbonyl (C=O) groups is 1. The highest BCUT2D eigenvalue weighted by molar-refractivity contribution is 6.33. The molecule has 5 heteroatoms. The van der Waals surface area contributed by atoms with E-state index in [4.69, 9.17) is 11.6 Å². The minimum absolute atomic E-state index is 0.105. The fourth-order valence-corrected chi connectivity index (χ4v) is 2.10. The summed E-state index contributed by atoms with van der Waals surface area (Å²) in [5.74, 6) is 0.590. The molecule has 1 N–H and O–H groups in total. The molecule has 0 saturated carbocycles. The Hall–Kier alpha value is -1.29. The molecule has 0 fully saturated rings. The Bertz CT molecular complexity index is 449. The molecule has 0 saturated heterocycles. The molecule has 0 bridgehead atoms. The molecule has 0 aromatic carbocycles. The summed E-state index contributed by atoms with van der Waals surface area (Å²) in [5, 5.41) is 3.58. The van der Waals surface area contributed by atoms with Crippen LogP contribution < -0.4 is 5.32 Å². The Labute approximate surface area is 126 Å². The second-order valence-corrected chi connectivity index (χ2v) is 5.45. The molecule has 0 radical (unpaired) electrons. The Balaban J connectivity index is 3.00. The van der Waals surface area contributed by atoms with E-state index in [0.29, 0.717) is 23.1 Å². The molecule has 1 rings (SSSR count). The van der Waals surface area contributed by atoms with E-state index in [9.17, 15) is 4.79 Å². The number of anilines is 1. The summed E-state index contributed by atoms with van der Waals surface area (Å²) in [7, 11) is 0. The predicted octanol–water partition coefficient (Wildman–Crippen LogP) is 3.82. The molecule has 4 nitrogen and oxygen atoms in total. The maximum absolute atomic E-state index is 12.6. The highest BCUT2D eigenvalue weighted by Gasteiger charge is 2.22. The number of nitrogens with one attached hydrogen (secondary N) is 1. The lowest BCUT2D eigenvalue weighted by Crippen LogP contribution is -2.38. The van der Waals surface area contributed by atoms with Gasteiger partial charge in [0.25, 0.3) is 5.91 Å². The van der Waals surface area contributed by atoms with Gasteiger partial charge in [-0.1, -0.05) is 25.4 Å². The van der Waals surface area contributed by atoms with Crippen molar-refractivity contribution in [1.82, 2.24) is 9.88 Å². The van der Waals surface area contributed by atoms with Crippen LogP contribution in [0, 0.1) is 0 Å². The first-order valence-corrected chi connectivity index (χ1v) is 7.60. The molecule has 1 aromatic rings. The first kappa shape index (κ1) is 16.8. The summed E-state index contributed by atoms with van der Waals surface area (Å²) in [5.41, 5.74) is 0.329. The predicted molar refractivity (Wildman–Crippen MR) is 84.5 cm³/mol. The number of nitrogens with zero attached hydrogens (tertiary/aromatic N) is 2. The van der Waals surface area contributed by atoms with Gasteiger partial charge in [-0.25, -0.2) is 4.98 Å².